The maximum atomic E-state index is 11.0. The molecule has 1 fully saturated rings. The van der Waals surface area contributed by atoms with Crippen molar-refractivity contribution in [3.63, 3.8) is 0 Å². The quantitative estimate of drug-likeness (QED) is 0.757. The monoisotopic (exact) mass is 233 g/mol. The smallest absolute Gasteiger partial charge is 0.217 e. The molecular formula is C13H19N3O. The van der Waals surface area contributed by atoms with Gasteiger partial charge in [-0.25, -0.2) is 0 Å². The van der Waals surface area contributed by atoms with Crippen molar-refractivity contribution < 1.29 is 4.79 Å². The summed E-state index contributed by atoms with van der Waals surface area (Å²) in [5.41, 5.74) is 8.94. The van der Waals surface area contributed by atoms with Gasteiger partial charge in [-0.15, -0.1) is 0 Å². The number of rotatable bonds is 2. The van der Waals surface area contributed by atoms with Gasteiger partial charge in [-0.05, 0) is 37.1 Å². The summed E-state index contributed by atoms with van der Waals surface area (Å²) in [4.78, 5) is 13.3. The van der Waals surface area contributed by atoms with Crippen LogP contribution >= 0.6 is 0 Å². The molecule has 0 radical (unpaired) electrons. The first-order valence-electron chi connectivity index (χ1n) is 5.94. The minimum atomic E-state index is 0.0471. The fourth-order valence-corrected chi connectivity index (χ4v) is 2.42. The average molecular weight is 233 g/mol. The summed E-state index contributed by atoms with van der Waals surface area (Å²) in [5, 5.41) is 2.97. The first kappa shape index (κ1) is 11.8. The Balaban J connectivity index is 2.07. The SMILES string of the molecule is CC(=O)NC1CCN(c2ccc(N)cc2C)C1. The first-order chi connectivity index (χ1) is 8.06. The van der Waals surface area contributed by atoms with Crippen molar-refractivity contribution in [1.82, 2.24) is 5.32 Å². The highest BCUT2D eigenvalue weighted by molar-refractivity contribution is 5.73. The van der Waals surface area contributed by atoms with Crippen LogP contribution in [0.25, 0.3) is 0 Å². The summed E-state index contributed by atoms with van der Waals surface area (Å²) in [5.74, 6) is 0.0471. The Hall–Kier alpha value is -1.71. The molecule has 17 heavy (non-hydrogen) atoms. The molecule has 1 aromatic carbocycles. The minimum Gasteiger partial charge on any atom is -0.399 e. The van der Waals surface area contributed by atoms with Gasteiger partial charge in [0.2, 0.25) is 5.91 Å². The normalized spacial score (nSPS) is 19.4. The van der Waals surface area contributed by atoms with Gasteiger partial charge in [0.15, 0.2) is 0 Å². The largest absolute Gasteiger partial charge is 0.399 e. The molecule has 1 aromatic rings. The molecule has 1 aliphatic heterocycles. The van der Waals surface area contributed by atoms with Crippen LogP contribution in [0, 0.1) is 6.92 Å². The number of amides is 1. The Labute approximate surface area is 102 Å². The lowest BCUT2D eigenvalue weighted by molar-refractivity contribution is -0.119. The van der Waals surface area contributed by atoms with Crippen LogP contribution in [0.4, 0.5) is 11.4 Å². The number of aryl methyl sites for hydroxylation is 1. The number of carbonyl (C=O) groups is 1. The Morgan fingerprint density at radius 3 is 2.94 bits per heavy atom. The molecule has 4 nitrogen and oxygen atoms in total. The number of benzene rings is 1. The van der Waals surface area contributed by atoms with Crippen molar-refractivity contribution in [2.75, 3.05) is 23.7 Å². The molecule has 92 valence electrons. The van der Waals surface area contributed by atoms with E-state index in [9.17, 15) is 4.79 Å². The van der Waals surface area contributed by atoms with Gasteiger partial charge in [-0.1, -0.05) is 0 Å². The van der Waals surface area contributed by atoms with Crippen molar-refractivity contribution >= 4 is 17.3 Å². The zero-order valence-corrected chi connectivity index (χ0v) is 10.4. The topological polar surface area (TPSA) is 58.4 Å². The van der Waals surface area contributed by atoms with E-state index in [1.165, 1.54) is 11.3 Å². The summed E-state index contributed by atoms with van der Waals surface area (Å²) in [6.45, 7) is 5.49. The molecule has 0 bridgehead atoms. The highest BCUT2D eigenvalue weighted by Crippen LogP contribution is 2.25. The molecule has 4 heteroatoms. The maximum absolute atomic E-state index is 11.0. The average Bonchev–Trinajstić information content (AvgIpc) is 2.65. The zero-order chi connectivity index (χ0) is 12.4. The molecule has 1 saturated heterocycles. The van der Waals surface area contributed by atoms with Crippen molar-refractivity contribution in [1.29, 1.82) is 0 Å². The van der Waals surface area contributed by atoms with Gasteiger partial charge in [0.05, 0.1) is 0 Å². The second kappa shape index (κ2) is 4.65. The number of nitrogens with zero attached hydrogens (tertiary/aromatic N) is 1. The second-order valence-electron chi connectivity index (χ2n) is 4.68. The van der Waals surface area contributed by atoms with E-state index < -0.39 is 0 Å². The molecule has 0 saturated carbocycles. The fourth-order valence-electron chi connectivity index (χ4n) is 2.42. The summed E-state index contributed by atoms with van der Waals surface area (Å²) in [7, 11) is 0. The van der Waals surface area contributed by atoms with Crippen LogP contribution in [-0.2, 0) is 4.79 Å². The predicted molar refractivity (Wildman–Crippen MR) is 70.0 cm³/mol. The second-order valence-corrected chi connectivity index (χ2v) is 4.68. The van der Waals surface area contributed by atoms with Gasteiger partial charge in [-0.3, -0.25) is 4.79 Å². The zero-order valence-electron chi connectivity index (χ0n) is 10.4. The number of nitrogens with one attached hydrogen (secondary N) is 1. The van der Waals surface area contributed by atoms with Crippen molar-refractivity contribution in [2.45, 2.75) is 26.3 Å². The standard InChI is InChI=1S/C13H19N3O/c1-9-7-11(14)3-4-13(9)16-6-5-12(8-16)15-10(2)17/h3-4,7,12H,5-6,8,14H2,1-2H3,(H,15,17). The van der Waals surface area contributed by atoms with E-state index in [1.54, 1.807) is 6.92 Å². The lowest BCUT2D eigenvalue weighted by Crippen LogP contribution is -2.35. The van der Waals surface area contributed by atoms with Crippen LogP contribution in [0.1, 0.15) is 18.9 Å². The summed E-state index contributed by atoms with van der Waals surface area (Å²) in [6.07, 6.45) is 1.00. The van der Waals surface area contributed by atoms with Crippen LogP contribution in [0.15, 0.2) is 18.2 Å². The molecule has 0 aromatic heterocycles. The van der Waals surface area contributed by atoms with Crippen molar-refractivity contribution in [3.8, 4) is 0 Å². The van der Waals surface area contributed by atoms with E-state index in [1.807, 2.05) is 12.1 Å². The predicted octanol–water partition coefficient (Wildman–Crippen LogP) is 1.29. The molecular weight excluding hydrogens is 214 g/mol. The van der Waals surface area contributed by atoms with Gasteiger partial charge in [-0.2, -0.15) is 0 Å². The van der Waals surface area contributed by atoms with Gasteiger partial charge in [0.1, 0.15) is 0 Å². The van der Waals surface area contributed by atoms with E-state index in [-0.39, 0.29) is 11.9 Å². The number of anilines is 2. The Kier molecular flexibility index (Phi) is 3.22. The number of nitrogens with two attached hydrogens (primary N) is 1. The first-order valence-corrected chi connectivity index (χ1v) is 5.94. The van der Waals surface area contributed by atoms with Gasteiger partial charge >= 0.3 is 0 Å². The van der Waals surface area contributed by atoms with Crippen LogP contribution in [0.3, 0.4) is 0 Å². The van der Waals surface area contributed by atoms with E-state index in [2.05, 4.69) is 23.2 Å². The van der Waals surface area contributed by atoms with E-state index in [0.717, 1.165) is 25.2 Å². The van der Waals surface area contributed by atoms with Crippen LogP contribution in [0.2, 0.25) is 0 Å². The molecule has 1 amide bonds. The highest BCUT2D eigenvalue weighted by atomic mass is 16.1. The lowest BCUT2D eigenvalue weighted by Gasteiger charge is -2.21. The van der Waals surface area contributed by atoms with Gasteiger partial charge in [0, 0.05) is 37.4 Å². The third-order valence-electron chi connectivity index (χ3n) is 3.16. The van der Waals surface area contributed by atoms with Crippen LogP contribution in [0.5, 0.6) is 0 Å². The van der Waals surface area contributed by atoms with E-state index >= 15 is 0 Å². The van der Waals surface area contributed by atoms with E-state index in [4.69, 9.17) is 5.73 Å². The third-order valence-corrected chi connectivity index (χ3v) is 3.16. The molecule has 1 atom stereocenters. The summed E-state index contributed by atoms with van der Waals surface area (Å²) >= 11 is 0. The number of carbonyl (C=O) groups excluding carboxylic acids is 1. The third kappa shape index (κ3) is 2.70. The van der Waals surface area contributed by atoms with Crippen molar-refractivity contribution in [2.24, 2.45) is 0 Å². The lowest BCUT2D eigenvalue weighted by atomic mass is 10.1. The minimum absolute atomic E-state index is 0.0471. The number of nitrogen functional groups attached to an aromatic ring is 1. The fraction of sp³-hybridized carbons (Fsp3) is 0.462. The van der Waals surface area contributed by atoms with Gasteiger partial charge in [0.25, 0.3) is 0 Å². The van der Waals surface area contributed by atoms with E-state index in [0.29, 0.717) is 0 Å². The molecule has 3 N–H and O–H groups in total. The molecule has 1 aliphatic rings. The molecule has 0 spiro atoms. The van der Waals surface area contributed by atoms with Crippen molar-refractivity contribution in [3.05, 3.63) is 23.8 Å². The van der Waals surface area contributed by atoms with Gasteiger partial charge < -0.3 is 16.0 Å². The summed E-state index contributed by atoms with van der Waals surface area (Å²) < 4.78 is 0. The Morgan fingerprint density at radius 1 is 1.53 bits per heavy atom. The maximum Gasteiger partial charge on any atom is 0.217 e. The van der Waals surface area contributed by atoms with Crippen LogP contribution < -0.4 is 16.0 Å². The Morgan fingerprint density at radius 2 is 2.29 bits per heavy atom. The highest BCUT2D eigenvalue weighted by Gasteiger charge is 2.23. The molecule has 1 unspecified atom stereocenters. The summed E-state index contributed by atoms with van der Waals surface area (Å²) in [6, 6.07) is 6.24. The number of hydrogen-bond acceptors (Lipinski definition) is 3. The molecule has 2 rings (SSSR count). The Bertz CT molecular complexity index is 431. The van der Waals surface area contributed by atoms with Crippen LogP contribution in [-0.4, -0.2) is 25.0 Å². The molecule has 1 heterocycles. The number of hydrogen-bond donors (Lipinski definition) is 2. The molecule has 0 aliphatic carbocycles.